The molecular weight excluding hydrogens is 595 g/mol. The zero-order chi connectivity index (χ0) is 25.4. The van der Waals surface area contributed by atoms with Gasteiger partial charge in [0.15, 0.2) is 0 Å². The number of fused-ring (bicyclic) bond motifs is 1. The number of methoxy groups -OCH3 is 1. The van der Waals surface area contributed by atoms with Gasteiger partial charge in [0.2, 0.25) is 0 Å². The number of nitrogens with zero attached hydrogens (tertiary/aromatic N) is 1. The molecule has 9 heteroatoms. The van der Waals surface area contributed by atoms with Crippen LogP contribution in [-0.2, 0) is 20.2 Å². The maximum absolute atomic E-state index is 13.2. The molecule has 0 bridgehead atoms. The molecule has 0 unspecified atom stereocenters. The van der Waals surface area contributed by atoms with Gasteiger partial charge in [0, 0.05) is 0 Å². The number of carbonyl (C=O) groups is 1. The van der Waals surface area contributed by atoms with E-state index in [1.54, 1.807) is 18.2 Å². The minimum absolute atomic E-state index is 0.0572. The predicted octanol–water partition coefficient (Wildman–Crippen LogP) is 2.10. The number of rotatable bonds is 5. The van der Waals surface area contributed by atoms with E-state index in [-0.39, 0.29) is 16.1 Å². The molecule has 0 saturated heterocycles. The number of sulfonamides is 1. The van der Waals surface area contributed by atoms with Gasteiger partial charge < -0.3 is 0 Å². The van der Waals surface area contributed by atoms with Crippen molar-refractivity contribution in [2.24, 2.45) is 0 Å². The number of aromatic nitrogens is 1. The van der Waals surface area contributed by atoms with E-state index in [0.717, 1.165) is 31.5 Å². The van der Waals surface area contributed by atoms with Gasteiger partial charge in [-0.3, -0.25) is 0 Å². The first-order valence-electron chi connectivity index (χ1n) is 10.8. The zero-order valence-corrected chi connectivity index (χ0v) is 23.8. The fourth-order valence-corrected chi connectivity index (χ4v) is 7.82. The second-order valence-corrected chi connectivity index (χ2v) is 13.8. The van der Waals surface area contributed by atoms with Gasteiger partial charge in [0.25, 0.3) is 0 Å². The number of halogens is 1. The van der Waals surface area contributed by atoms with Crippen LogP contribution in [0, 0.1) is 10.5 Å². The second kappa shape index (κ2) is 9.87. The average Bonchev–Trinajstić information content (AvgIpc) is 3.10. The average molecular weight is 622 g/mol. The monoisotopic (exact) mass is 621 g/mol. The number of benzene rings is 2. The molecule has 1 aromatic heterocycles. The van der Waals surface area contributed by atoms with Crippen molar-refractivity contribution in [2.45, 2.75) is 38.0 Å². The molecule has 1 amide bonds. The number of carbonyl (C=O) groups excluding carboxylic acids is 1. The quantitative estimate of drug-likeness (QED) is 0.442. The Labute approximate surface area is 220 Å². The van der Waals surface area contributed by atoms with Gasteiger partial charge in [-0.1, -0.05) is 0 Å². The Morgan fingerprint density at radius 2 is 1.91 bits per heavy atom. The Morgan fingerprint density at radius 1 is 1.14 bits per heavy atom. The molecule has 0 fully saturated rings. The molecule has 1 aliphatic rings. The van der Waals surface area contributed by atoms with E-state index in [2.05, 4.69) is 15.2 Å². The van der Waals surface area contributed by atoms with Crippen molar-refractivity contribution < 1.29 is 39.2 Å². The summed E-state index contributed by atoms with van der Waals surface area (Å²) in [4.78, 5) is 13.0. The number of nitrogens with one attached hydrogen (secondary N) is 1. The summed E-state index contributed by atoms with van der Waals surface area (Å²) >= 11 is 0.745. The molecule has 0 aliphatic carbocycles. The van der Waals surface area contributed by atoms with Gasteiger partial charge in [-0.05, 0) is 0 Å². The van der Waals surface area contributed by atoms with E-state index in [1.807, 2.05) is 61.4 Å². The number of ether oxygens (including phenoxy) is 1. The molecule has 0 spiro atoms. The van der Waals surface area contributed by atoms with E-state index in [0.29, 0.717) is 5.57 Å². The molecule has 2 aromatic carbocycles. The topological polar surface area (TPSA) is 85.4 Å². The van der Waals surface area contributed by atoms with Crippen LogP contribution in [0.25, 0.3) is 17.3 Å². The number of hydrogen-bond donors (Lipinski definition) is 1. The van der Waals surface area contributed by atoms with Gasteiger partial charge in [-0.15, -0.1) is 0 Å². The van der Waals surface area contributed by atoms with E-state index in [4.69, 9.17) is 4.74 Å². The van der Waals surface area contributed by atoms with Crippen LogP contribution < -0.4 is 30.7 Å². The molecule has 1 aliphatic heterocycles. The molecule has 3 aromatic rings. The van der Waals surface area contributed by atoms with Crippen LogP contribution in [-0.4, -0.2) is 25.8 Å². The van der Waals surface area contributed by atoms with Crippen LogP contribution >= 0.6 is 11.5 Å². The Balaban J connectivity index is 1.64. The van der Waals surface area contributed by atoms with Crippen molar-refractivity contribution in [3.63, 3.8) is 0 Å². The van der Waals surface area contributed by atoms with Crippen LogP contribution in [0.4, 0.5) is 0 Å². The Morgan fingerprint density at radius 3 is 2.57 bits per heavy atom. The van der Waals surface area contributed by atoms with E-state index in [1.165, 1.54) is 18.6 Å². The summed E-state index contributed by atoms with van der Waals surface area (Å²) in [6.07, 6.45) is 3.57. The summed E-state index contributed by atoms with van der Waals surface area (Å²) in [5.74, 6) is -0.477. The number of amides is 1. The van der Waals surface area contributed by atoms with Gasteiger partial charge in [0.05, 0.1) is 0 Å². The zero-order valence-electron chi connectivity index (χ0n) is 20.0. The van der Waals surface area contributed by atoms with Crippen molar-refractivity contribution in [2.75, 3.05) is 7.11 Å². The first kappa shape index (κ1) is 25.6. The predicted molar refractivity (Wildman–Crippen MR) is 135 cm³/mol. The summed E-state index contributed by atoms with van der Waals surface area (Å²) in [6, 6.07) is 11.1. The minimum atomic E-state index is -4.16. The van der Waals surface area contributed by atoms with Crippen molar-refractivity contribution in [3.05, 3.63) is 77.8 Å². The Bertz CT molecular complexity index is 1460. The van der Waals surface area contributed by atoms with Crippen LogP contribution in [0.5, 0.6) is 5.75 Å². The summed E-state index contributed by atoms with van der Waals surface area (Å²) in [6.45, 7) is 8.01. The van der Waals surface area contributed by atoms with E-state index in [9.17, 15) is 13.2 Å². The van der Waals surface area contributed by atoms with Gasteiger partial charge >= 0.3 is 222 Å². The Hall–Kier alpha value is -2.50. The fourth-order valence-electron chi connectivity index (χ4n) is 3.60. The van der Waals surface area contributed by atoms with E-state index < -0.39 is 37.1 Å². The first-order valence-corrected chi connectivity index (χ1v) is 15.5. The standard InChI is InChI=1S/C26H26IN2O4S2/c1-16-15-34-28-24(16)20-7-6-8-21-19(20)11-9-17(14-27-21)25(30)29-35(31,32)23-13-18(26(2,3)4)10-12-22(23)33-5/h6-15H,1-5H3,(H,29,30)/q-1. The van der Waals surface area contributed by atoms with E-state index >= 15 is 0 Å². The summed E-state index contributed by atoms with van der Waals surface area (Å²) in [5.41, 5.74) is 4.95. The number of hydrogen-bond acceptors (Lipinski definition) is 6. The molecule has 6 nitrogen and oxygen atoms in total. The van der Waals surface area contributed by atoms with Crippen LogP contribution in [0.3, 0.4) is 0 Å². The van der Waals surface area contributed by atoms with Crippen molar-refractivity contribution >= 4 is 33.5 Å². The molecule has 1 N–H and O–H groups in total. The molecule has 184 valence electrons. The van der Waals surface area contributed by atoms with Crippen LogP contribution in [0.15, 0.2) is 62.4 Å². The third-order valence-electron chi connectivity index (χ3n) is 5.58. The summed E-state index contributed by atoms with van der Waals surface area (Å²) < 4.78 is 41.5. The van der Waals surface area contributed by atoms with Gasteiger partial charge in [-0.25, -0.2) is 0 Å². The molecule has 0 saturated carbocycles. The van der Waals surface area contributed by atoms with Gasteiger partial charge in [0.1, 0.15) is 0 Å². The van der Waals surface area contributed by atoms with Crippen molar-refractivity contribution in [1.82, 2.24) is 9.10 Å². The SMILES string of the molecule is COc1ccc(C(C)(C)C)cc1S(=O)(=O)NC(=O)C1=C[I-]c2cccc(-c3nscc3C)c2C=C1. The van der Waals surface area contributed by atoms with Crippen LogP contribution in [0.1, 0.15) is 37.5 Å². The third-order valence-corrected chi connectivity index (χ3v) is 10.3. The molecule has 0 radical (unpaired) electrons. The molecule has 35 heavy (non-hydrogen) atoms. The molecule has 4 rings (SSSR count). The first-order chi connectivity index (χ1) is 16.5. The van der Waals surface area contributed by atoms with Crippen molar-refractivity contribution in [3.8, 4) is 17.0 Å². The van der Waals surface area contributed by atoms with Crippen LogP contribution in [0.2, 0.25) is 0 Å². The Kier molecular flexibility index (Phi) is 7.21. The maximum atomic E-state index is 13.2. The summed E-state index contributed by atoms with van der Waals surface area (Å²) in [5, 5.41) is 2.01. The normalized spacial score (nSPS) is 13.8. The molecule has 2 heterocycles. The van der Waals surface area contributed by atoms with Gasteiger partial charge in [-0.2, -0.15) is 0 Å². The molecular formula is C26H26IN2O4S2-. The number of aryl methyl sites for hydroxylation is 1. The third kappa shape index (κ3) is 5.36. The van der Waals surface area contributed by atoms with Crippen molar-refractivity contribution in [1.29, 1.82) is 0 Å². The molecule has 0 atom stereocenters. The fraction of sp³-hybridized carbons (Fsp3) is 0.231. The second-order valence-electron chi connectivity index (χ2n) is 9.10. The summed E-state index contributed by atoms with van der Waals surface area (Å²) in [7, 11) is -2.75.